The van der Waals surface area contributed by atoms with Crippen molar-refractivity contribution in [2.45, 2.75) is 24.4 Å². The van der Waals surface area contributed by atoms with Crippen molar-refractivity contribution in [2.75, 3.05) is 13.2 Å². The van der Waals surface area contributed by atoms with E-state index in [0.29, 0.717) is 0 Å². The largest absolute Gasteiger partial charge is 0.478 e. The van der Waals surface area contributed by atoms with E-state index in [1.54, 1.807) is 0 Å². The number of carboxylic acid groups (broad SMARTS) is 6. The van der Waals surface area contributed by atoms with E-state index in [4.69, 9.17) is 28.4 Å². The van der Waals surface area contributed by atoms with Crippen molar-refractivity contribution in [3.05, 3.63) is 212 Å². The van der Waals surface area contributed by atoms with Gasteiger partial charge in [-0.25, -0.2) is 57.5 Å². The Morgan fingerprint density at radius 2 is 0.423 bits per heavy atom. The highest BCUT2D eigenvalue weighted by Crippen LogP contribution is 2.28. The molecule has 398 valence electrons. The van der Waals surface area contributed by atoms with Crippen LogP contribution in [0.1, 0.15) is 124 Å². The van der Waals surface area contributed by atoms with Crippen LogP contribution in [0.2, 0.25) is 0 Å². The molecule has 0 aliphatic heterocycles. The Hall–Kier alpha value is -11.0. The van der Waals surface area contributed by atoms with Gasteiger partial charge < -0.3 is 59.1 Å². The SMILES string of the molecule is O=C(O)c1ccccc1C(=O)OC[C@@H](OC(=O)c1ccccc1C(=O)O)[C@@H](OC(=O)c1ccccc1C(=O)O)[C@H](OC(=O)c1ccccc1C(=O)O)[C@@H](COC(=O)c1ccccc1C(=O)O)OC(=O)c1ccccc1C(=O)O. The van der Waals surface area contributed by atoms with Gasteiger partial charge in [0.1, 0.15) is 13.2 Å². The lowest BCUT2D eigenvalue weighted by molar-refractivity contribution is -0.138. The molecule has 0 amide bonds. The predicted octanol–water partition coefficient (Wildman–Crippen LogP) is 5.79. The molecule has 0 saturated heterocycles. The Kier molecular flexibility index (Phi) is 18.2. The van der Waals surface area contributed by atoms with E-state index < -0.39 is 176 Å². The first-order valence-corrected chi connectivity index (χ1v) is 22.3. The summed E-state index contributed by atoms with van der Waals surface area (Å²) in [6.07, 6.45) is -10.8. The van der Waals surface area contributed by atoms with Crippen LogP contribution in [0.15, 0.2) is 146 Å². The fourth-order valence-electron chi connectivity index (χ4n) is 7.43. The van der Waals surface area contributed by atoms with E-state index in [1.165, 1.54) is 60.7 Å². The maximum atomic E-state index is 14.6. The summed E-state index contributed by atoms with van der Waals surface area (Å²) in [7, 11) is 0. The first kappa shape index (κ1) is 56.3. The third-order valence-corrected chi connectivity index (χ3v) is 11.1. The van der Waals surface area contributed by atoms with Gasteiger partial charge in [-0.1, -0.05) is 72.8 Å². The molecule has 0 fully saturated rings. The molecule has 24 nitrogen and oxygen atoms in total. The molecule has 78 heavy (non-hydrogen) atoms. The highest BCUT2D eigenvalue weighted by molar-refractivity contribution is 6.06. The summed E-state index contributed by atoms with van der Waals surface area (Å²) in [6, 6.07) is 25.7. The number of aromatic carboxylic acids is 6. The van der Waals surface area contributed by atoms with E-state index in [-0.39, 0.29) is 0 Å². The van der Waals surface area contributed by atoms with E-state index in [9.17, 15) is 88.2 Å². The Balaban J connectivity index is 1.65. The predicted molar refractivity (Wildman–Crippen MR) is 258 cm³/mol. The van der Waals surface area contributed by atoms with E-state index in [2.05, 4.69) is 0 Å². The fourth-order valence-corrected chi connectivity index (χ4v) is 7.43. The quantitative estimate of drug-likeness (QED) is 0.0326. The number of carbonyl (C=O) groups excluding carboxylic acids is 6. The van der Waals surface area contributed by atoms with Crippen molar-refractivity contribution >= 4 is 71.6 Å². The van der Waals surface area contributed by atoms with Gasteiger partial charge in [0, 0.05) is 0 Å². The van der Waals surface area contributed by atoms with Crippen LogP contribution in [0.5, 0.6) is 0 Å². The Morgan fingerprint density at radius 1 is 0.256 bits per heavy atom. The van der Waals surface area contributed by atoms with Crippen molar-refractivity contribution in [3.63, 3.8) is 0 Å². The molecule has 6 aromatic rings. The second kappa shape index (κ2) is 25.3. The standard InChI is InChI=1S/C54H38O24/c55-43(56)27-13-1-7-19-33(27)49(67)73-25-39(75-51(69)35-21-9-3-15-29(35)45(59)60)41(77-53(71)37-23-11-5-17-31(37)47(63)64)42(78-54(72)38-24-12-6-18-32(38)48(65)66)40(76-52(70)36-22-10-4-16-30(36)46(61)62)26-74-50(68)34-20-8-2-14-28(34)44(57)58/h1-24,39-42H,25-26H2,(H,55,56)(H,57,58)(H,59,60)(H,61,62)(H,63,64)(H,65,66)/t39-,40-,41-,42-/m1/s1. The molecule has 6 rings (SSSR count). The smallest absolute Gasteiger partial charge is 0.339 e. The minimum Gasteiger partial charge on any atom is -0.478 e. The van der Waals surface area contributed by atoms with Crippen LogP contribution in [-0.2, 0) is 28.4 Å². The van der Waals surface area contributed by atoms with Gasteiger partial charge >= 0.3 is 71.6 Å². The van der Waals surface area contributed by atoms with Gasteiger partial charge in [0.15, 0.2) is 24.4 Å². The molecular formula is C54H38O24. The summed E-state index contributed by atoms with van der Waals surface area (Å²) in [5.41, 5.74) is -8.77. The van der Waals surface area contributed by atoms with Gasteiger partial charge in [-0.15, -0.1) is 0 Å². The topological polar surface area (TPSA) is 382 Å². The summed E-state index contributed by atoms with van der Waals surface area (Å²) < 4.78 is 34.2. The maximum absolute atomic E-state index is 14.6. The molecule has 0 spiro atoms. The minimum absolute atomic E-state index is 0.650. The van der Waals surface area contributed by atoms with Crippen LogP contribution in [0.4, 0.5) is 0 Å². The van der Waals surface area contributed by atoms with Crippen LogP contribution in [0.25, 0.3) is 0 Å². The Labute approximate surface area is 437 Å². The number of hydrogen-bond acceptors (Lipinski definition) is 18. The van der Waals surface area contributed by atoms with Gasteiger partial charge in [-0.3, -0.25) is 0 Å². The summed E-state index contributed by atoms with van der Waals surface area (Å²) in [4.78, 5) is 160. The molecule has 0 saturated carbocycles. The van der Waals surface area contributed by atoms with Crippen LogP contribution in [-0.4, -0.2) is 140 Å². The van der Waals surface area contributed by atoms with E-state index >= 15 is 0 Å². The molecular weight excluding hydrogens is 1030 g/mol. The normalized spacial score (nSPS) is 12.2. The number of carbonyl (C=O) groups is 12. The summed E-state index contributed by atoms with van der Waals surface area (Å²) in [5.74, 6) is -20.0. The Morgan fingerprint density at radius 3 is 0.615 bits per heavy atom. The first-order valence-electron chi connectivity index (χ1n) is 22.3. The third kappa shape index (κ3) is 13.4. The third-order valence-electron chi connectivity index (χ3n) is 11.1. The van der Waals surface area contributed by atoms with Gasteiger partial charge in [0.2, 0.25) is 0 Å². The Bertz CT molecular complexity index is 3170. The molecule has 6 aromatic carbocycles. The highest BCUT2D eigenvalue weighted by Gasteiger charge is 2.47. The highest BCUT2D eigenvalue weighted by atomic mass is 16.6. The molecule has 0 aliphatic carbocycles. The molecule has 6 N–H and O–H groups in total. The average Bonchev–Trinajstić information content (AvgIpc) is 3.46. The van der Waals surface area contributed by atoms with Crippen LogP contribution < -0.4 is 0 Å². The number of carboxylic acids is 6. The number of ether oxygens (including phenoxy) is 6. The molecule has 0 bridgehead atoms. The van der Waals surface area contributed by atoms with Gasteiger partial charge in [0.25, 0.3) is 0 Å². The monoisotopic (exact) mass is 1070 g/mol. The van der Waals surface area contributed by atoms with Gasteiger partial charge in [0.05, 0.1) is 66.8 Å². The maximum Gasteiger partial charge on any atom is 0.339 e. The zero-order valence-electron chi connectivity index (χ0n) is 39.6. The molecule has 0 heterocycles. The van der Waals surface area contributed by atoms with Crippen LogP contribution >= 0.6 is 0 Å². The number of rotatable bonds is 23. The number of esters is 6. The second-order valence-electron chi connectivity index (χ2n) is 15.9. The van der Waals surface area contributed by atoms with Gasteiger partial charge in [-0.2, -0.15) is 0 Å². The van der Waals surface area contributed by atoms with Crippen molar-refractivity contribution in [1.82, 2.24) is 0 Å². The molecule has 0 radical (unpaired) electrons. The lowest BCUT2D eigenvalue weighted by Crippen LogP contribution is -2.55. The van der Waals surface area contributed by atoms with Gasteiger partial charge in [-0.05, 0) is 72.8 Å². The number of hydrogen-bond donors (Lipinski definition) is 6. The molecule has 4 atom stereocenters. The average molecular weight is 1070 g/mol. The number of benzene rings is 6. The zero-order chi connectivity index (χ0) is 56.8. The van der Waals surface area contributed by atoms with Crippen molar-refractivity contribution < 1.29 is 117 Å². The van der Waals surface area contributed by atoms with E-state index in [1.807, 2.05) is 0 Å². The molecule has 0 aromatic heterocycles. The first-order chi connectivity index (χ1) is 37.2. The second-order valence-corrected chi connectivity index (χ2v) is 15.9. The minimum atomic E-state index is -2.79. The van der Waals surface area contributed by atoms with Crippen molar-refractivity contribution in [3.8, 4) is 0 Å². The summed E-state index contributed by atoms with van der Waals surface area (Å²) in [6.45, 7) is -2.94. The lowest BCUT2D eigenvalue weighted by atomic mass is 10.00. The summed E-state index contributed by atoms with van der Waals surface area (Å²) >= 11 is 0. The fraction of sp³-hybridized carbons (Fsp3) is 0.111. The van der Waals surface area contributed by atoms with Crippen molar-refractivity contribution in [1.29, 1.82) is 0 Å². The van der Waals surface area contributed by atoms with Crippen LogP contribution in [0, 0.1) is 0 Å². The van der Waals surface area contributed by atoms with E-state index in [0.717, 1.165) is 84.9 Å². The lowest BCUT2D eigenvalue weighted by Gasteiger charge is -2.36. The van der Waals surface area contributed by atoms with Crippen molar-refractivity contribution in [2.24, 2.45) is 0 Å². The van der Waals surface area contributed by atoms with Crippen LogP contribution in [0.3, 0.4) is 0 Å². The zero-order valence-corrected chi connectivity index (χ0v) is 39.6. The molecule has 24 heteroatoms. The molecule has 0 aliphatic rings. The molecule has 0 unspecified atom stereocenters. The summed E-state index contributed by atoms with van der Waals surface area (Å²) in [5, 5.41) is 60.1.